The Morgan fingerprint density at radius 3 is 2.73 bits per heavy atom. The minimum atomic E-state index is -0.163. The summed E-state index contributed by atoms with van der Waals surface area (Å²) in [5, 5.41) is 4.71. The second kappa shape index (κ2) is 6.47. The molecule has 5 nitrogen and oxygen atoms in total. The molecule has 126 valence electrons. The highest BCUT2D eigenvalue weighted by atomic mass is 32.1. The first-order valence-electron chi connectivity index (χ1n) is 7.92. The van der Waals surface area contributed by atoms with Crippen molar-refractivity contribution >= 4 is 28.7 Å². The van der Waals surface area contributed by atoms with Crippen molar-refractivity contribution in [1.29, 1.82) is 0 Å². The highest BCUT2D eigenvalue weighted by Crippen LogP contribution is 2.34. The van der Waals surface area contributed by atoms with Crippen LogP contribution in [0.15, 0.2) is 54.3 Å². The number of hydrogen-bond acceptors (Lipinski definition) is 4. The van der Waals surface area contributed by atoms with E-state index in [4.69, 9.17) is 6.42 Å². The maximum absolute atomic E-state index is 11.4. The van der Waals surface area contributed by atoms with Crippen LogP contribution in [0.2, 0.25) is 0 Å². The molecule has 1 amide bonds. The lowest BCUT2D eigenvalue weighted by atomic mass is 10.2. The molecule has 0 aliphatic heterocycles. The first-order valence-corrected chi connectivity index (χ1v) is 8.80. The zero-order chi connectivity index (χ0) is 18.1. The van der Waals surface area contributed by atoms with E-state index in [1.54, 1.807) is 23.0 Å². The number of aromatic nitrogens is 3. The van der Waals surface area contributed by atoms with Crippen molar-refractivity contribution < 1.29 is 4.79 Å². The summed E-state index contributed by atoms with van der Waals surface area (Å²) in [4.78, 5) is 20.8. The third-order valence-electron chi connectivity index (χ3n) is 3.87. The molecule has 0 bridgehead atoms. The number of thiophene rings is 1. The zero-order valence-corrected chi connectivity index (χ0v) is 14.7. The van der Waals surface area contributed by atoms with Gasteiger partial charge in [0.05, 0.1) is 11.1 Å². The summed E-state index contributed by atoms with van der Waals surface area (Å²) in [6, 6.07) is 10.3. The molecule has 0 saturated carbocycles. The summed E-state index contributed by atoms with van der Waals surface area (Å²) < 4.78 is 1.78. The van der Waals surface area contributed by atoms with Crippen LogP contribution in [-0.4, -0.2) is 20.3 Å². The molecule has 2 aliphatic rings. The van der Waals surface area contributed by atoms with Crippen molar-refractivity contribution in [2.24, 2.45) is 0 Å². The fourth-order valence-electron chi connectivity index (χ4n) is 2.63. The fraction of sp³-hybridized carbons (Fsp3) is 0.0500. The van der Waals surface area contributed by atoms with Gasteiger partial charge in [-0.1, -0.05) is 24.1 Å². The van der Waals surface area contributed by atoms with Crippen LogP contribution in [0.5, 0.6) is 0 Å². The maximum atomic E-state index is 11.4. The van der Waals surface area contributed by atoms with E-state index in [1.165, 1.54) is 29.4 Å². The van der Waals surface area contributed by atoms with E-state index < -0.39 is 0 Å². The van der Waals surface area contributed by atoms with Gasteiger partial charge in [-0.15, -0.1) is 17.8 Å². The maximum Gasteiger partial charge on any atom is 0.222 e. The molecular weight excluding hydrogens is 344 g/mol. The lowest BCUT2D eigenvalue weighted by Gasteiger charge is -2.04. The predicted octanol–water partition coefficient (Wildman–Crippen LogP) is 4.06. The third kappa shape index (κ3) is 2.96. The second-order valence-electron chi connectivity index (χ2n) is 5.68. The average molecular weight is 358 g/mol. The lowest BCUT2D eigenvalue weighted by Crippen LogP contribution is -2.09. The Morgan fingerprint density at radius 2 is 2.12 bits per heavy atom. The van der Waals surface area contributed by atoms with E-state index in [-0.39, 0.29) is 5.91 Å². The molecule has 1 N–H and O–H groups in total. The van der Waals surface area contributed by atoms with Crippen molar-refractivity contribution in [2.45, 2.75) is 6.92 Å². The second-order valence-corrected chi connectivity index (χ2v) is 6.60. The summed E-state index contributed by atoms with van der Waals surface area (Å²) in [7, 11) is 0. The zero-order valence-electron chi connectivity index (χ0n) is 13.9. The Labute approximate surface area is 154 Å². The lowest BCUT2D eigenvalue weighted by molar-refractivity contribution is -0.114. The smallest absolute Gasteiger partial charge is 0.222 e. The molecule has 5 rings (SSSR count). The Bertz CT molecular complexity index is 1150. The van der Waals surface area contributed by atoms with Gasteiger partial charge in [0, 0.05) is 24.9 Å². The number of imidazole rings is 1. The fourth-order valence-corrected chi connectivity index (χ4v) is 3.48. The van der Waals surface area contributed by atoms with Crippen molar-refractivity contribution in [1.82, 2.24) is 14.4 Å². The molecule has 6 heteroatoms. The number of terminal acetylenes is 1. The normalized spacial score (nSPS) is 10.6. The van der Waals surface area contributed by atoms with Crippen LogP contribution in [0, 0.1) is 12.3 Å². The Kier molecular flexibility index (Phi) is 3.99. The van der Waals surface area contributed by atoms with Crippen molar-refractivity contribution in [3.63, 3.8) is 0 Å². The molecular formula is C20H14N4OS. The number of hydrogen-bond donors (Lipinski definition) is 1. The van der Waals surface area contributed by atoms with Gasteiger partial charge < -0.3 is 5.32 Å². The van der Waals surface area contributed by atoms with Crippen molar-refractivity contribution in [3.8, 4) is 34.0 Å². The van der Waals surface area contributed by atoms with Gasteiger partial charge in [0.1, 0.15) is 11.5 Å². The Balaban J connectivity index is 0.000000233. The Hall–Kier alpha value is -3.43. The minimum absolute atomic E-state index is 0.163. The van der Waals surface area contributed by atoms with Gasteiger partial charge in [-0.25, -0.2) is 4.98 Å². The number of rotatable bonds is 2. The number of carbonyl (C=O) groups is 1. The number of carbonyl (C=O) groups excluding carboxylic acids is 1. The van der Waals surface area contributed by atoms with Crippen LogP contribution in [-0.2, 0) is 4.79 Å². The summed E-state index contributed by atoms with van der Waals surface area (Å²) in [6.45, 7) is 1.46. The monoisotopic (exact) mass is 358 g/mol. The predicted molar refractivity (Wildman–Crippen MR) is 104 cm³/mol. The average Bonchev–Trinajstić information content (AvgIpc) is 3.02. The first kappa shape index (κ1) is 16.1. The molecule has 0 atom stereocenters. The van der Waals surface area contributed by atoms with E-state index in [0.717, 1.165) is 10.4 Å². The van der Waals surface area contributed by atoms with Gasteiger partial charge in [-0.05, 0) is 28.6 Å². The van der Waals surface area contributed by atoms with Gasteiger partial charge in [0.25, 0.3) is 0 Å². The van der Waals surface area contributed by atoms with Crippen LogP contribution >= 0.6 is 11.3 Å². The van der Waals surface area contributed by atoms with Gasteiger partial charge in [-0.2, -0.15) is 0 Å². The molecule has 0 saturated heterocycles. The molecule has 0 spiro atoms. The molecule has 0 aromatic carbocycles. The van der Waals surface area contributed by atoms with Crippen molar-refractivity contribution in [3.05, 3.63) is 59.9 Å². The molecule has 0 fully saturated rings. The van der Waals surface area contributed by atoms with Gasteiger partial charge in [-0.3, -0.25) is 14.2 Å². The van der Waals surface area contributed by atoms with Gasteiger partial charge in [0.15, 0.2) is 5.65 Å². The van der Waals surface area contributed by atoms with E-state index in [1.807, 2.05) is 11.4 Å². The number of benzene rings is 1. The van der Waals surface area contributed by atoms with Crippen LogP contribution in [0.3, 0.4) is 0 Å². The summed E-state index contributed by atoms with van der Waals surface area (Å²) >= 11 is 1.49. The first-order chi connectivity index (χ1) is 12.7. The number of amides is 1. The number of anilines is 1. The largest absolute Gasteiger partial charge is 0.310 e. The highest BCUT2D eigenvalue weighted by molar-refractivity contribution is 7.13. The van der Waals surface area contributed by atoms with E-state index in [0.29, 0.717) is 17.2 Å². The van der Waals surface area contributed by atoms with Crippen LogP contribution < -0.4 is 5.32 Å². The number of nitrogens with zero attached hydrogens (tertiary/aromatic N) is 3. The molecule has 3 heterocycles. The summed E-state index contributed by atoms with van der Waals surface area (Å²) in [6.07, 6.45) is 10.5. The third-order valence-corrected chi connectivity index (χ3v) is 4.79. The van der Waals surface area contributed by atoms with Crippen molar-refractivity contribution in [2.75, 3.05) is 5.32 Å². The molecule has 0 unspecified atom stereocenters. The van der Waals surface area contributed by atoms with E-state index >= 15 is 0 Å². The molecule has 3 aromatic rings. The quantitative estimate of drug-likeness (QED) is 0.484. The van der Waals surface area contributed by atoms with E-state index in [2.05, 4.69) is 45.5 Å². The Morgan fingerprint density at radius 1 is 1.31 bits per heavy atom. The van der Waals surface area contributed by atoms with Crippen LogP contribution in [0.4, 0.5) is 5.82 Å². The highest BCUT2D eigenvalue weighted by Gasteiger charge is 2.18. The van der Waals surface area contributed by atoms with Gasteiger partial charge in [0.2, 0.25) is 5.91 Å². The minimum Gasteiger partial charge on any atom is -0.310 e. The summed E-state index contributed by atoms with van der Waals surface area (Å²) in [5.41, 5.74) is 4.93. The molecule has 2 aliphatic carbocycles. The number of nitrogens with one attached hydrogen (secondary N) is 1. The summed E-state index contributed by atoms with van der Waals surface area (Å²) in [5.74, 6) is 3.07. The molecule has 3 aromatic heterocycles. The molecule has 0 radical (unpaired) electrons. The van der Waals surface area contributed by atoms with E-state index in [9.17, 15) is 4.79 Å². The SMILES string of the molecule is C#Cc1ccsc1-c1nc2cnccn2c1NC(C)=O.c1cc2cc-2c1. The van der Waals surface area contributed by atoms with Crippen LogP contribution in [0.25, 0.3) is 27.3 Å². The number of fused-ring (bicyclic) bond motifs is 2. The van der Waals surface area contributed by atoms with Gasteiger partial charge >= 0.3 is 0 Å². The molecule has 26 heavy (non-hydrogen) atoms. The topological polar surface area (TPSA) is 59.3 Å². The standard InChI is InChI=1S/C14H10N4OS.C6H4/c1-3-10-4-7-20-13(10)12-14(16-9(2)19)18-6-5-15-8-11(18)17-12;1-2-5-4-6(5)3-1/h1,4-8H,2H3,(H,16,19);1-4H. The van der Waals surface area contributed by atoms with Crippen LogP contribution in [0.1, 0.15) is 12.5 Å².